The number of anilines is 1. The van der Waals surface area contributed by atoms with Crippen LogP contribution in [0.5, 0.6) is 0 Å². The molecule has 0 radical (unpaired) electrons. The number of carbonyl (C=O) groups is 1. The van der Waals surface area contributed by atoms with Gasteiger partial charge < -0.3 is 11.1 Å². The van der Waals surface area contributed by atoms with Gasteiger partial charge in [0.05, 0.1) is 11.4 Å². The highest BCUT2D eigenvalue weighted by atomic mass is 32.2. The first kappa shape index (κ1) is 13.7. The van der Waals surface area contributed by atoms with Crippen molar-refractivity contribution in [2.45, 2.75) is 26.3 Å². The number of nitrogens with zero attached hydrogens (tertiary/aromatic N) is 1. The lowest BCUT2D eigenvalue weighted by atomic mass is 10.2. The van der Waals surface area contributed by atoms with E-state index in [0.717, 1.165) is 0 Å². The van der Waals surface area contributed by atoms with E-state index in [-0.39, 0.29) is 17.6 Å². The van der Waals surface area contributed by atoms with Gasteiger partial charge in [-0.15, -0.1) is 0 Å². The predicted molar refractivity (Wildman–Crippen MR) is 68.2 cm³/mol. The molecule has 2 unspecified atom stereocenters. The number of hydrogen-bond acceptors (Lipinski definition) is 4. The van der Waals surface area contributed by atoms with Crippen LogP contribution in [0.2, 0.25) is 0 Å². The molecule has 0 aliphatic rings. The molecule has 17 heavy (non-hydrogen) atoms. The Morgan fingerprint density at radius 1 is 1.65 bits per heavy atom. The maximum atomic E-state index is 11.8. The standard InChI is InChI=1S/C10H18N4O2S/c1-6(4-5-17(3)16)12-10(15)9-8(11)7(2)13-14-9/h6H,4-5,11H2,1-3H3,(H,12,15)(H,13,14). The van der Waals surface area contributed by atoms with Crippen molar-refractivity contribution in [2.24, 2.45) is 0 Å². The minimum atomic E-state index is -0.844. The average Bonchev–Trinajstić information content (AvgIpc) is 2.57. The van der Waals surface area contributed by atoms with Crippen LogP contribution in [0.15, 0.2) is 0 Å². The van der Waals surface area contributed by atoms with Crippen LogP contribution < -0.4 is 11.1 Å². The van der Waals surface area contributed by atoms with E-state index < -0.39 is 10.8 Å². The van der Waals surface area contributed by atoms with E-state index in [1.165, 1.54) is 0 Å². The smallest absolute Gasteiger partial charge is 0.274 e. The van der Waals surface area contributed by atoms with Crippen LogP contribution in [-0.2, 0) is 10.8 Å². The number of aromatic nitrogens is 2. The summed E-state index contributed by atoms with van der Waals surface area (Å²) in [7, 11) is -0.844. The fourth-order valence-corrected chi connectivity index (χ4v) is 2.00. The zero-order valence-electron chi connectivity index (χ0n) is 10.2. The second kappa shape index (κ2) is 5.81. The van der Waals surface area contributed by atoms with Crippen LogP contribution >= 0.6 is 0 Å². The van der Waals surface area contributed by atoms with Crippen molar-refractivity contribution >= 4 is 22.4 Å². The molecular formula is C10H18N4O2S. The SMILES string of the molecule is Cc1[nH]nc(C(=O)NC(C)CCS(C)=O)c1N. The summed E-state index contributed by atoms with van der Waals surface area (Å²) in [5.41, 5.74) is 6.96. The molecule has 0 aliphatic heterocycles. The van der Waals surface area contributed by atoms with Gasteiger partial charge in [0.2, 0.25) is 0 Å². The second-order valence-electron chi connectivity index (χ2n) is 4.05. The number of carbonyl (C=O) groups excluding carboxylic acids is 1. The first-order valence-corrected chi connectivity index (χ1v) is 7.06. The third-order valence-corrected chi connectivity index (χ3v) is 3.24. The molecular weight excluding hydrogens is 240 g/mol. The molecule has 6 nitrogen and oxygen atoms in total. The number of aryl methyl sites for hydroxylation is 1. The van der Waals surface area contributed by atoms with E-state index in [1.807, 2.05) is 6.92 Å². The van der Waals surface area contributed by atoms with Crippen LogP contribution in [0, 0.1) is 6.92 Å². The summed E-state index contributed by atoms with van der Waals surface area (Å²) in [6.07, 6.45) is 2.31. The molecule has 4 N–H and O–H groups in total. The molecule has 0 saturated heterocycles. The third-order valence-electron chi connectivity index (χ3n) is 2.43. The van der Waals surface area contributed by atoms with Gasteiger partial charge in [-0.3, -0.25) is 14.1 Å². The number of H-pyrrole nitrogens is 1. The highest BCUT2D eigenvalue weighted by molar-refractivity contribution is 7.84. The van der Waals surface area contributed by atoms with Crippen molar-refractivity contribution in [2.75, 3.05) is 17.7 Å². The Morgan fingerprint density at radius 3 is 2.76 bits per heavy atom. The van der Waals surface area contributed by atoms with E-state index >= 15 is 0 Å². The molecule has 7 heteroatoms. The predicted octanol–water partition coefficient (Wildman–Crippen LogP) is 0.187. The molecule has 0 aromatic carbocycles. The van der Waals surface area contributed by atoms with E-state index in [1.54, 1.807) is 13.2 Å². The number of rotatable bonds is 5. The van der Waals surface area contributed by atoms with Gasteiger partial charge >= 0.3 is 0 Å². The molecule has 0 fully saturated rings. The Hall–Kier alpha value is -1.37. The summed E-state index contributed by atoms with van der Waals surface area (Å²) in [4.78, 5) is 11.8. The van der Waals surface area contributed by atoms with E-state index in [2.05, 4.69) is 15.5 Å². The molecule has 0 aliphatic carbocycles. The molecule has 0 spiro atoms. The van der Waals surface area contributed by atoms with Gasteiger partial charge in [-0.2, -0.15) is 5.10 Å². The van der Waals surface area contributed by atoms with E-state index in [0.29, 0.717) is 23.6 Å². The molecule has 1 rings (SSSR count). The molecule has 0 bridgehead atoms. The summed E-state index contributed by atoms with van der Waals surface area (Å²) >= 11 is 0. The largest absolute Gasteiger partial charge is 0.395 e. The Bertz CT molecular complexity index is 430. The molecule has 96 valence electrons. The van der Waals surface area contributed by atoms with Crippen LogP contribution in [0.3, 0.4) is 0 Å². The minimum Gasteiger partial charge on any atom is -0.395 e. The topological polar surface area (TPSA) is 101 Å². The first-order valence-electron chi connectivity index (χ1n) is 5.33. The quantitative estimate of drug-likeness (QED) is 0.701. The monoisotopic (exact) mass is 258 g/mol. The van der Waals surface area contributed by atoms with Gasteiger partial charge in [0.15, 0.2) is 5.69 Å². The van der Waals surface area contributed by atoms with Crippen molar-refractivity contribution in [1.29, 1.82) is 0 Å². The molecule has 1 aromatic heterocycles. The maximum Gasteiger partial charge on any atom is 0.274 e. The number of nitrogens with one attached hydrogen (secondary N) is 2. The van der Waals surface area contributed by atoms with Crippen LogP contribution in [-0.4, -0.2) is 38.4 Å². The summed E-state index contributed by atoms with van der Waals surface area (Å²) < 4.78 is 10.9. The average molecular weight is 258 g/mol. The fraction of sp³-hybridized carbons (Fsp3) is 0.600. The summed E-state index contributed by atoms with van der Waals surface area (Å²) in [5, 5.41) is 9.27. The molecule has 1 aromatic rings. The number of amides is 1. The van der Waals surface area contributed by atoms with Gasteiger partial charge in [0.25, 0.3) is 5.91 Å². The van der Waals surface area contributed by atoms with Crippen LogP contribution in [0.4, 0.5) is 5.69 Å². The van der Waals surface area contributed by atoms with Crippen molar-refractivity contribution in [3.05, 3.63) is 11.4 Å². The number of nitrogen functional groups attached to an aromatic ring is 1. The molecule has 0 saturated carbocycles. The summed E-state index contributed by atoms with van der Waals surface area (Å²) in [6, 6.07) is -0.0530. The number of hydrogen-bond donors (Lipinski definition) is 3. The second-order valence-corrected chi connectivity index (χ2v) is 5.61. The van der Waals surface area contributed by atoms with Crippen molar-refractivity contribution in [1.82, 2.24) is 15.5 Å². The zero-order chi connectivity index (χ0) is 13.0. The zero-order valence-corrected chi connectivity index (χ0v) is 11.1. The van der Waals surface area contributed by atoms with Crippen LogP contribution in [0.25, 0.3) is 0 Å². The van der Waals surface area contributed by atoms with Gasteiger partial charge in [0.1, 0.15) is 0 Å². The Morgan fingerprint density at radius 2 is 2.29 bits per heavy atom. The van der Waals surface area contributed by atoms with Gasteiger partial charge in [0, 0.05) is 28.9 Å². The first-order chi connectivity index (χ1) is 7.91. The highest BCUT2D eigenvalue weighted by Gasteiger charge is 2.17. The molecule has 1 heterocycles. The van der Waals surface area contributed by atoms with Gasteiger partial charge in [-0.05, 0) is 20.3 Å². The van der Waals surface area contributed by atoms with Crippen molar-refractivity contribution in [3.8, 4) is 0 Å². The van der Waals surface area contributed by atoms with E-state index in [4.69, 9.17) is 5.73 Å². The summed E-state index contributed by atoms with van der Waals surface area (Å²) in [5.74, 6) is 0.262. The maximum absolute atomic E-state index is 11.8. The number of nitrogens with two attached hydrogens (primary N) is 1. The van der Waals surface area contributed by atoms with Gasteiger partial charge in [-0.1, -0.05) is 0 Å². The third kappa shape index (κ3) is 3.85. The minimum absolute atomic E-state index is 0.0530. The normalized spacial score (nSPS) is 14.3. The van der Waals surface area contributed by atoms with E-state index in [9.17, 15) is 9.00 Å². The molecule has 2 atom stereocenters. The van der Waals surface area contributed by atoms with Crippen molar-refractivity contribution in [3.63, 3.8) is 0 Å². The van der Waals surface area contributed by atoms with Crippen molar-refractivity contribution < 1.29 is 9.00 Å². The lowest BCUT2D eigenvalue weighted by Crippen LogP contribution is -2.34. The summed E-state index contributed by atoms with van der Waals surface area (Å²) in [6.45, 7) is 3.61. The Kier molecular flexibility index (Phi) is 4.68. The Balaban J connectivity index is 2.55. The fourth-order valence-electron chi connectivity index (χ4n) is 1.32. The number of aromatic amines is 1. The van der Waals surface area contributed by atoms with Gasteiger partial charge in [-0.25, -0.2) is 0 Å². The Labute approximate surface area is 103 Å². The lowest BCUT2D eigenvalue weighted by molar-refractivity contribution is 0.0935. The highest BCUT2D eigenvalue weighted by Crippen LogP contribution is 2.12. The molecule has 1 amide bonds. The van der Waals surface area contributed by atoms with Crippen LogP contribution in [0.1, 0.15) is 29.5 Å². The lowest BCUT2D eigenvalue weighted by Gasteiger charge is -2.12.